The van der Waals surface area contributed by atoms with Crippen molar-refractivity contribution in [3.8, 4) is 33.4 Å². The Balaban J connectivity index is 0.00000229. The summed E-state index contributed by atoms with van der Waals surface area (Å²) in [7, 11) is 0. The predicted molar refractivity (Wildman–Crippen MR) is 243 cm³/mol. The molecule has 0 radical (unpaired) electrons. The highest BCUT2D eigenvalue weighted by Crippen LogP contribution is 2.46. The van der Waals surface area contributed by atoms with E-state index < -0.39 is 0 Å². The number of hydrogen-bond donors (Lipinski definition) is 1. The molecular formula is C54H49N. The largest absolute Gasteiger partial charge is 0.398 e. The first kappa shape index (κ1) is 36.9. The SMILES string of the molecule is C/C=C\c1c(C)cccc1/C(N)=C/C(=C\C)c1ccc(-c2c3ccccc3c(-c3ccc(-c4ccc(C)cc4)c4ccccc34)c3ccccc23)cc1.CC. The minimum absolute atomic E-state index is 0.756. The van der Waals surface area contributed by atoms with Gasteiger partial charge in [-0.25, -0.2) is 0 Å². The van der Waals surface area contributed by atoms with Crippen molar-refractivity contribution in [2.24, 2.45) is 5.73 Å². The van der Waals surface area contributed by atoms with Crippen LogP contribution in [0.1, 0.15) is 55.5 Å². The van der Waals surface area contributed by atoms with Crippen LogP contribution in [0.15, 0.2) is 170 Å². The second-order valence-electron chi connectivity index (χ2n) is 13.9. The summed E-state index contributed by atoms with van der Waals surface area (Å²) in [6.07, 6.45) is 8.45. The van der Waals surface area contributed by atoms with Crippen molar-refractivity contribution in [1.82, 2.24) is 0 Å². The van der Waals surface area contributed by atoms with E-state index in [9.17, 15) is 0 Å². The average Bonchev–Trinajstić information content (AvgIpc) is 3.23. The van der Waals surface area contributed by atoms with Crippen LogP contribution in [0, 0.1) is 13.8 Å². The van der Waals surface area contributed by atoms with Crippen LogP contribution in [-0.2, 0) is 0 Å². The average molecular weight is 712 g/mol. The molecule has 8 aromatic carbocycles. The number of nitrogens with two attached hydrogens (primary N) is 1. The summed E-state index contributed by atoms with van der Waals surface area (Å²) in [6.45, 7) is 12.4. The number of hydrogen-bond acceptors (Lipinski definition) is 1. The summed E-state index contributed by atoms with van der Waals surface area (Å²) in [4.78, 5) is 0. The smallest absolute Gasteiger partial charge is 0.0399 e. The zero-order chi connectivity index (χ0) is 38.5. The lowest BCUT2D eigenvalue weighted by Crippen LogP contribution is -2.01. The number of fused-ring (bicyclic) bond motifs is 3. The Morgan fingerprint density at radius 2 is 1.00 bits per heavy atom. The van der Waals surface area contributed by atoms with Crippen LogP contribution < -0.4 is 5.73 Å². The molecular weight excluding hydrogens is 663 g/mol. The van der Waals surface area contributed by atoms with Gasteiger partial charge in [0.25, 0.3) is 0 Å². The molecule has 0 aliphatic rings. The molecule has 0 saturated carbocycles. The number of rotatable bonds is 7. The molecule has 0 saturated heterocycles. The molecule has 0 unspecified atom stereocenters. The minimum Gasteiger partial charge on any atom is -0.398 e. The zero-order valence-electron chi connectivity index (χ0n) is 32.8. The molecule has 2 N–H and O–H groups in total. The molecule has 270 valence electrons. The lowest BCUT2D eigenvalue weighted by Gasteiger charge is -2.20. The maximum Gasteiger partial charge on any atom is 0.0399 e. The Morgan fingerprint density at radius 3 is 1.56 bits per heavy atom. The molecule has 0 bridgehead atoms. The van der Waals surface area contributed by atoms with Gasteiger partial charge in [0.05, 0.1) is 0 Å². The Morgan fingerprint density at radius 1 is 0.491 bits per heavy atom. The van der Waals surface area contributed by atoms with Crippen LogP contribution in [0.2, 0.25) is 0 Å². The molecule has 0 spiro atoms. The van der Waals surface area contributed by atoms with Crippen molar-refractivity contribution in [2.45, 2.75) is 41.5 Å². The first-order valence-electron chi connectivity index (χ1n) is 19.5. The number of benzene rings is 8. The highest BCUT2D eigenvalue weighted by molar-refractivity contribution is 6.24. The van der Waals surface area contributed by atoms with Crippen molar-refractivity contribution in [2.75, 3.05) is 0 Å². The van der Waals surface area contributed by atoms with Gasteiger partial charge in [0.1, 0.15) is 0 Å². The molecule has 8 rings (SSSR count). The van der Waals surface area contributed by atoms with E-state index in [1.54, 1.807) is 0 Å². The van der Waals surface area contributed by atoms with Gasteiger partial charge in [-0.15, -0.1) is 0 Å². The summed E-state index contributed by atoms with van der Waals surface area (Å²) in [5, 5.41) is 7.50. The lowest BCUT2D eigenvalue weighted by atomic mass is 9.83. The molecule has 8 aromatic rings. The maximum atomic E-state index is 6.78. The van der Waals surface area contributed by atoms with E-state index in [1.807, 2.05) is 20.8 Å². The first-order chi connectivity index (χ1) is 27.0. The van der Waals surface area contributed by atoms with E-state index in [2.05, 4.69) is 197 Å². The van der Waals surface area contributed by atoms with E-state index in [0.717, 1.165) is 28.0 Å². The van der Waals surface area contributed by atoms with Crippen LogP contribution in [0.3, 0.4) is 0 Å². The molecule has 0 aromatic heterocycles. The second kappa shape index (κ2) is 16.3. The van der Waals surface area contributed by atoms with Gasteiger partial charge in [-0.1, -0.05) is 189 Å². The third-order valence-electron chi connectivity index (χ3n) is 10.6. The Hall–Kier alpha value is -6.44. The monoisotopic (exact) mass is 711 g/mol. The van der Waals surface area contributed by atoms with Gasteiger partial charge in [0.2, 0.25) is 0 Å². The standard InChI is InChI=1S/C52H43N.C2H6/c1-5-14-40-35(4)15-13-22-44(40)50(53)33-36(6-2)37-27-29-39(30-28-37)51-45-18-9-11-20-47(45)52(48-21-12-10-19-46(48)51)49-32-31-41(38-25-23-34(3)24-26-38)42-16-7-8-17-43(42)49;1-2/h5-33H,53H2,1-4H3;1-2H3/b14-5-,36-6+,50-33-;. The molecule has 0 heterocycles. The van der Waals surface area contributed by atoms with Gasteiger partial charge in [-0.05, 0) is 122 Å². The van der Waals surface area contributed by atoms with Crippen LogP contribution in [0.5, 0.6) is 0 Å². The molecule has 0 aliphatic heterocycles. The van der Waals surface area contributed by atoms with E-state index in [-0.39, 0.29) is 0 Å². The molecule has 0 fully saturated rings. The molecule has 1 heteroatoms. The summed E-state index contributed by atoms with van der Waals surface area (Å²) >= 11 is 0. The fraction of sp³-hybridized carbons (Fsp3) is 0.111. The number of allylic oxidation sites excluding steroid dienone is 4. The summed E-state index contributed by atoms with van der Waals surface area (Å²) < 4.78 is 0. The van der Waals surface area contributed by atoms with Crippen molar-refractivity contribution in [3.05, 3.63) is 198 Å². The summed E-state index contributed by atoms with van der Waals surface area (Å²) in [5.41, 5.74) is 21.9. The molecule has 55 heavy (non-hydrogen) atoms. The molecule has 0 aliphatic carbocycles. The van der Waals surface area contributed by atoms with E-state index in [4.69, 9.17) is 5.73 Å². The van der Waals surface area contributed by atoms with Crippen LogP contribution >= 0.6 is 0 Å². The minimum atomic E-state index is 0.756. The third-order valence-corrected chi connectivity index (χ3v) is 10.6. The molecule has 0 atom stereocenters. The van der Waals surface area contributed by atoms with Gasteiger partial charge < -0.3 is 5.73 Å². The van der Waals surface area contributed by atoms with Crippen molar-refractivity contribution < 1.29 is 0 Å². The Bertz CT molecular complexity index is 2680. The second-order valence-corrected chi connectivity index (χ2v) is 13.9. The fourth-order valence-corrected chi connectivity index (χ4v) is 7.96. The lowest BCUT2D eigenvalue weighted by molar-refractivity contribution is 1.39. The third kappa shape index (κ3) is 7.02. The van der Waals surface area contributed by atoms with E-state index in [1.165, 1.54) is 76.8 Å². The normalized spacial score (nSPS) is 12.0. The van der Waals surface area contributed by atoms with Gasteiger partial charge in [0, 0.05) is 11.3 Å². The molecule has 0 amide bonds. The summed E-state index contributed by atoms with van der Waals surface area (Å²) in [5.74, 6) is 0. The predicted octanol–water partition coefficient (Wildman–Crippen LogP) is 15.2. The Labute approximate surface area is 326 Å². The quantitative estimate of drug-likeness (QED) is 0.129. The van der Waals surface area contributed by atoms with Gasteiger partial charge in [-0.3, -0.25) is 0 Å². The topological polar surface area (TPSA) is 26.0 Å². The number of aryl methyl sites for hydroxylation is 2. The Kier molecular flexibility index (Phi) is 10.9. The highest BCUT2D eigenvalue weighted by atomic mass is 14.6. The van der Waals surface area contributed by atoms with Gasteiger partial charge >= 0.3 is 0 Å². The van der Waals surface area contributed by atoms with Crippen molar-refractivity contribution in [1.29, 1.82) is 0 Å². The fourth-order valence-electron chi connectivity index (χ4n) is 7.96. The van der Waals surface area contributed by atoms with E-state index >= 15 is 0 Å². The maximum absolute atomic E-state index is 6.78. The van der Waals surface area contributed by atoms with Crippen molar-refractivity contribution >= 4 is 49.7 Å². The highest BCUT2D eigenvalue weighted by Gasteiger charge is 2.19. The van der Waals surface area contributed by atoms with Crippen LogP contribution in [0.25, 0.3) is 83.0 Å². The van der Waals surface area contributed by atoms with E-state index in [0.29, 0.717) is 0 Å². The first-order valence-corrected chi connectivity index (χ1v) is 19.5. The van der Waals surface area contributed by atoms with Crippen LogP contribution in [0.4, 0.5) is 0 Å². The van der Waals surface area contributed by atoms with Crippen molar-refractivity contribution in [3.63, 3.8) is 0 Å². The molecule has 1 nitrogen and oxygen atoms in total. The van der Waals surface area contributed by atoms with Gasteiger partial charge in [0.15, 0.2) is 0 Å². The van der Waals surface area contributed by atoms with Crippen LogP contribution in [-0.4, -0.2) is 0 Å². The summed E-state index contributed by atoms with van der Waals surface area (Å²) in [6, 6.07) is 55.4. The van der Waals surface area contributed by atoms with Gasteiger partial charge in [-0.2, -0.15) is 0 Å². The zero-order valence-corrected chi connectivity index (χ0v) is 32.8.